The number of amides is 2. The number of hydrogen-bond donors (Lipinski definition) is 4. The Kier molecular flexibility index (Phi) is 6.49. The van der Waals surface area contributed by atoms with Crippen LogP contribution in [0.15, 0.2) is 48.7 Å². The molecule has 0 atom stereocenters. The maximum absolute atomic E-state index is 12.5. The van der Waals surface area contributed by atoms with Crippen molar-refractivity contribution in [2.75, 3.05) is 44.7 Å². The zero-order valence-electron chi connectivity index (χ0n) is 17.2. The Morgan fingerprint density at radius 1 is 1.10 bits per heavy atom. The van der Waals surface area contributed by atoms with Crippen LogP contribution in [0.2, 0.25) is 0 Å². The summed E-state index contributed by atoms with van der Waals surface area (Å²) in [5.74, 6) is -0.0795. The van der Waals surface area contributed by atoms with Crippen LogP contribution in [-0.2, 0) is 4.74 Å². The number of anilines is 1. The molecule has 2 amide bonds. The van der Waals surface area contributed by atoms with Crippen LogP contribution in [0.3, 0.4) is 0 Å². The van der Waals surface area contributed by atoms with Crippen molar-refractivity contribution in [3.63, 3.8) is 0 Å². The predicted octanol–water partition coefficient (Wildman–Crippen LogP) is 3.38. The molecule has 0 radical (unpaired) electrons. The second kappa shape index (κ2) is 9.63. The fourth-order valence-corrected chi connectivity index (χ4v) is 3.79. The number of carbonyl (C=O) groups excluding carboxylic acids is 1. The van der Waals surface area contributed by atoms with Gasteiger partial charge in [0.1, 0.15) is 0 Å². The second-order valence-corrected chi connectivity index (χ2v) is 7.53. The van der Waals surface area contributed by atoms with Crippen molar-refractivity contribution in [1.82, 2.24) is 15.2 Å². The Bertz CT molecular complexity index is 1060. The van der Waals surface area contributed by atoms with Crippen LogP contribution in [0.25, 0.3) is 22.0 Å². The molecule has 4 rings (SSSR count). The normalized spacial score (nSPS) is 14.5. The lowest BCUT2D eigenvalue weighted by molar-refractivity contribution is 0.0374. The Morgan fingerprint density at radius 2 is 1.87 bits per heavy atom. The number of rotatable bonds is 7. The molecule has 1 saturated heterocycles. The number of ether oxygens (including phenoxy) is 1. The molecule has 4 N–H and O–H groups in total. The van der Waals surface area contributed by atoms with E-state index >= 15 is 0 Å². The number of aromatic amines is 1. The summed E-state index contributed by atoms with van der Waals surface area (Å²) >= 11 is 0. The number of benzene rings is 2. The van der Waals surface area contributed by atoms with Gasteiger partial charge in [0.05, 0.1) is 13.2 Å². The summed E-state index contributed by atoms with van der Waals surface area (Å²) in [5, 5.41) is 15.1. The number of carboxylic acid groups (broad SMARTS) is 1. The van der Waals surface area contributed by atoms with E-state index in [1.54, 1.807) is 12.1 Å². The molecule has 31 heavy (non-hydrogen) atoms. The summed E-state index contributed by atoms with van der Waals surface area (Å²) < 4.78 is 5.35. The molecule has 0 aliphatic carbocycles. The van der Waals surface area contributed by atoms with Gasteiger partial charge in [-0.2, -0.15) is 0 Å². The van der Waals surface area contributed by atoms with Crippen molar-refractivity contribution in [2.45, 2.75) is 6.42 Å². The highest BCUT2D eigenvalue weighted by atomic mass is 16.5. The first-order valence-electron chi connectivity index (χ1n) is 10.4. The molecule has 2 heterocycles. The summed E-state index contributed by atoms with van der Waals surface area (Å²) in [6.07, 6.45) is 1.72. The average molecular weight is 422 g/mol. The van der Waals surface area contributed by atoms with Crippen LogP contribution in [0.5, 0.6) is 0 Å². The maximum atomic E-state index is 12.5. The molecular formula is C23H26N4O4. The molecule has 8 heteroatoms. The molecule has 1 aliphatic rings. The van der Waals surface area contributed by atoms with E-state index in [-0.39, 0.29) is 5.91 Å². The topological polar surface area (TPSA) is 107 Å². The zero-order valence-corrected chi connectivity index (χ0v) is 17.2. The standard InChI is InChI=1S/C23H26N4O4/c28-22(24-8-1-9-27-10-12-31-13-11-27)17-4-7-19-20(15-25-21(19)14-17)16-2-5-18(6-3-16)26-23(29)30/h2-7,14-15,25-26H,1,8-13H2,(H,24,28)(H,29,30). The Hall–Kier alpha value is -3.36. The fourth-order valence-electron chi connectivity index (χ4n) is 3.79. The molecule has 0 saturated carbocycles. The minimum Gasteiger partial charge on any atom is -0.465 e. The summed E-state index contributed by atoms with van der Waals surface area (Å²) in [4.78, 5) is 28.9. The van der Waals surface area contributed by atoms with Crippen LogP contribution in [0.4, 0.5) is 10.5 Å². The highest BCUT2D eigenvalue weighted by Gasteiger charge is 2.12. The van der Waals surface area contributed by atoms with Crippen LogP contribution < -0.4 is 10.6 Å². The smallest absolute Gasteiger partial charge is 0.409 e. The van der Waals surface area contributed by atoms with E-state index in [0.29, 0.717) is 17.8 Å². The van der Waals surface area contributed by atoms with Gasteiger partial charge in [0.15, 0.2) is 0 Å². The molecule has 8 nitrogen and oxygen atoms in total. The molecule has 0 bridgehead atoms. The molecule has 1 aromatic heterocycles. The van der Waals surface area contributed by atoms with E-state index < -0.39 is 6.09 Å². The Balaban J connectivity index is 1.37. The third-order valence-electron chi connectivity index (χ3n) is 5.43. The summed E-state index contributed by atoms with van der Waals surface area (Å²) in [7, 11) is 0. The van der Waals surface area contributed by atoms with Crippen molar-refractivity contribution in [2.24, 2.45) is 0 Å². The van der Waals surface area contributed by atoms with Gasteiger partial charge >= 0.3 is 6.09 Å². The first-order chi connectivity index (χ1) is 15.1. The molecule has 162 valence electrons. The number of H-pyrrole nitrogens is 1. The number of aromatic nitrogens is 1. The van der Waals surface area contributed by atoms with Gasteiger partial charge in [0, 0.05) is 53.5 Å². The Labute approximate surface area is 180 Å². The van der Waals surface area contributed by atoms with Gasteiger partial charge in [-0.15, -0.1) is 0 Å². The quantitative estimate of drug-likeness (QED) is 0.437. The first kappa shape index (κ1) is 20.9. The number of nitrogens with one attached hydrogen (secondary N) is 3. The SMILES string of the molecule is O=C(O)Nc1ccc(-c2c[nH]c3cc(C(=O)NCCCN4CCOCC4)ccc23)cc1. The lowest BCUT2D eigenvalue weighted by atomic mass is 10.0. The third-order valence-corrected chi connectivity index (χ3v) is 5.43. The molecule has 2 aromatic carbocycles. The maximum Gasteiger partial charge on any atom is 0.409 e. The molecular weight excluding hydrogens is 396 g/mol. The van der Waals surface area contributed by atoms with Gasteiger partial charge in [-0.3, -0.25) is 15.0 Å². The molecule has 0 spiro atoms. The van der Waals surface area contributed by atoms with E-state index in [0.717, 1.165) is 61.3 Å². The first-order valence-corrected chi connectivity index (χ1v) is 10.4. The summed E-state index contributed by atoms with van der Waals surface area (Å²) in [5.41, 5.74) is 3.97. The number of fused-ring (bicyclic) bond motifs is 1. The van der Waals surface area contributed by atoms with Crippen molar-refractivity contribution >= 4 is 28.6 Å². The van der Waals surface area contributed by atoms with Gasteiger partial charge in [0.25, 0.3) is 5.91 Å². The number of carbonyl (C=O) groups is 2. The largest absolute Gasteiger partial charge is 0.465 e. The van der Waals surface area contributed by atoms with E-state index in [1.807, 2.05) is 36.5 Å². The predicted molar refractivity (Wildman–Crippen MR) is 120 cm³/mol. The van der Waals surface area contributed by atoms with Crippen molar-refractivity contribution in [3.05, 3.63) is 54.2 Å². The second-order valence-electron chi connectivity index (χ2n) is 7.53. The molecule has 3 aromatic rings. The van der Waals surface area contributed by atoms with E-state index in [2.05, 4.69) is 20.5 Å². The lowest BCUT2D eigenvalue weighted by Gasteiger charge is -2.26. The Morgan fingerprint density at radius 3 is 2.61 bits per heavy atom. The van der Waals surface area contributed by atoms with Crippen LogP contribution >= 0.6 is 0 Å². The highest BCUT2D eigenvalue weighted by molar-refractivity contribution is 6.02. The lowest BCUT2D eigenvalue weighted by Crippen LogP contribution is -2.38. The van der Waals surface area contributed by atoms with E-state index in [1.165, 1.54) is 0 Å². The molecule has 1 aliphatic heterocycles. The van der Waals surface area contributed by atoms with E-state index in [4.69, 9.17) is 9.84 Å². The van der Waals surface area contributed by atoms with Crippen molar-refractivity contribution in [3.8, 4) is 11.1 Å². The zero-order chi connectivity index (χ0) is 21.6. The monoisotopic (exact) mass is 422 g/mol. The van der Waals surface area contributed by atoms with Crippen molar-refractivity contribution < 1.29 is 19.4 Å². The number of nitrogens with zero attached hydrogens (tertiary/aromatic N) is 1. The van der Waals surface area contributed by atoms with Gasteiger partial charge < -0.3 is 20.1 Å². The van der Waals surface area contributed by atoms with Crippen LogP contribution in [0, 0.1) is 0 Å². The van der Waals surface area contributed by atoms with E-state index in [9.17, 15) is 9.59 Å². The minimum atomic E-state index is -1.09. The fraction of sp³-hybridized carbons (Fsp3) is 0.304. The van der Waals surface area contributed by atoms with Gasteiger partial charge in [-0.05, 0) is 42.8 Å². The van der Waals surface area contributed by atoms with Crippen molar-refractivity contribution in [1.29, 1.82) is 0 Å². The van der Waals surface area contributed by atoms with Gasteiger partial charge in [-0.1, -0.05) is 18.2 Å². The van der Waals surface area contributed by atoms with Gasteiger partial charge in [0.2, 0.25) is 0 Å². The minimum absolute atomic E-state index is 0.0795. The summed E-state index contributed by atoms with van der Waals surface area (Å²) in [6.45, 7) is 5.09. The summed E-state index contributed by atoms with van der Waals surface area (Å²) in [6, 6.07) is 12.8. The molecule has 1 fully saturated rings. The third kappa shape index (κ3) is 5.22. The van der Waals surface area contributed by atoms with Gasteiger partial charge in [-0.25, -0.2) is 4.79 Å². The molecule has 0 unspecified atom stereocenters. The highest BCUT2D eigenvalue weighted by Crippen LogP contribution is 2.30. The number of morpholine rings is 1. The average Bonchev–Trinajstić information content (AvgIpc) is 3.21. The van der Waals surface area contributed by atoms with Crippen LogP contribution in [0.1, 0.15) is 16.8 Å². The van der Waals surface area contributed by atoms with Crippen LogP contribution in [-0.4, -0.2) is 66.4 Å². The number of hydrogen-bond acceptors (Lipinski definition) is 4.